The van der Waals surface area contributed by atoms with Crippen LogP contribution in [0.5, 0.6) is 0 Å². The summed E-state index contributed by atoms with van der Waals surface area (Å²) in [6, 6.07) is 0. The maximum atomic E-state index is 8.42. The van der Waals surface area contributed by atoms with E-state index in [4.69, 9.17) is 21.8 Å². The molecule has 13 heavy (non-hydrogen) atoms. The summed E-state index contributed by atoms with van der Waals surface area (Å²) in [4.78, 5) is 0. The maximum Gasteiger partial charge on any atom is 0.0802 e. The van der Waals surface area contributed by atoms with E-state index < -0.39 is 0 Å². The second-order valence-electron chi connectivity index (χ2n) is 3.86. The van der Waals surface area contributed by atoms with Gasteiger partial charge in [-0.3, -0.25) is 0 Å². The quantitative estimate of drug-likeness (QED) is 0.520. The molecule has 0 bridgehead atoms. The fourth-order valence-electron chi connectivity index (χ4n) is 0.605. The highest BCUT2D eigenvalue weighted by molar-refractivity contribution is 6.17. The molecule has 0 saturated heterocycles. The zero-order chi connectivity index (χ0) is 10.7. The molecule has 0 aromatic carbocycles. The fourth-order valence-corrected chi connectivity index (χ4v) is 0.724. The Labute approximate surface area is 86.5 Å². The van der Waals surface area contributed by atoms with Crippen molar-refractivity contribution < 1.29 is 14.7 Å². The molecule has 0 saturated carbocycles. The van der Waals surface area contributed by atoms with Crippen molar-refractivity contribution in [2.45, 2.75) is 12.8 Å². The molecular weight excluding hydrogens is 190 g/mol. The minimum Gasteiger partial charge on any atom is -0.396 e. The molecule has 0 atom stereocenters. The van der Waals surface area contributed by atoms with Gasteiger partial charge < -0.3 is 14.7 Å². The molecule has 4 heteroatoms. The van der Waals surface area contributed by atoms with Crippen LogP contribution in [0.4, 0.5) is 0 Å². The van der Waals surface area contributed by atoms with Gasteiger partial charge >= 0.3 is 0 Å². The predicted octanol–water partition coefficient (Wildman–Crippen LogP) is 0.683. The Bertz CT molecular complexity index is 92.1. The highest BCUT2D eigenvalue weighted by Crippen LogP contribution is 1.90. The molecule has 0 aromatic rings. The average molecular weight is 213 g/mol. The van der Waals surface area contributed by atoms with Crippen LogP contribution < -0.4 is 0 Å². The highest BCUT2D eigenvalue weighted by Gasteiger charge is 2.03. The summed E-state index contributed by atoms with van der Waals surface area (Å²) in [7, 11) is 6.36. The van der Waals surface area contributed by atoms with Crippen molar-refractivity contribution in [3.63, 3.8) is 0 Å². The van der Waals surface area contributed by atoms with Gasteiger partial charge in [0, 0.05) is 25.5 Å². The second kappa shape index (κ2) is 10.3. The van der Waals surface area contributed by atoms with Gasteiger partial charge in [-0.2, -0.15) is 0 Å². The minimum absolute atomic E-state index is 0.212. The third-order valence-electron chi connectivity index (χ3n) is 1.28. The Morgan fingerprint density at radius 2 is 1.46 bits per heavy atom. The van der Waals surface area contributed by atoms with Gasteiger partial charge in [0.05, 0.1) is 27.7 Å². The van der Waals surface area contributed by atoms with Gasteiger partial charge in [0.2, 0.25) is 0 Å². The van der Waals surface area contributed by atoms with E-state index in [1.165, 1.54) is 0 Å². The molecule has 0 heterocycles. The standard InChI is InChI=1S/C6H16NO.C3H7ClO/c1-7(2,3)5-4-6-8;4-2-1-3-5/h8H,4-6H2,1-3H3;5H,1-3H2/q+1;. The lowest BCUT2D eigenvalue weighted by Gasteiger charge is -2.22. The smallest absolute Gasteiger partial charge is 0.0802 e. The van der Waals surface area contributed by atoms with E-state index in [2.05, 4.69) is 21.1 Å². The summed E-state index contributed by atoms with van der Waals surface area (Å²) in [5.41, 5.74) is 0. The van der Waals surface area contributed by atoms with Crippen LogP contribution in [0.15, 0.2) is 0 Å². The number of hydrogen-bond acceptors (Lipinski definition) is 2. The molecule has 0 amide bonds. The van der Waals surface area contributed by atoms with Gasteiger partial charge in [-0.05, 0) is 6.42 Å². The Kier molecular flexibility index (Phi) is 12.3. The zero-order valence-electron chi connectivity index (χ0n) is 8.96. The van der Waals surface area contributed by atoms with Crippen molar-refractivity contribution in [3.8, 4) is 0 Å². The summed E-state index contributed by atoms with van der Waals surface area (Å²) in [6.45, 7) is 1.58. The summed E-state index contributed by atoms with van der Waals surface area (Å²) >= 11 is 5.14. The Morgan fingerprint density at radius 3 is 1.54 bits per heavy atom. The molecule has 0 aliphatic carbocycles. The van der Waals surface area contributed by atoms with Crippen LogP contribution in [0.2, 0.25) is 0 Å². The van der Waals surface area contributed by atoms with Crippen LogP contribution in [-0.4, -0.2) is 61.5 Å². The van der Waals surface area contributed by atoms with E-state index in [-0.39, 0.29) is 6.61 Å². The third kappa shape index (κ3) is 24.5. The van der Waals surface area contributed by atoms with Crippen LogP contribution in [0.1, 0.15) is 12.8 Å². The lowest BCUT2D eigenvalue weighted by atomic mass is 10.4. The van der Waals surface area contributed by atoms with Crippen LogP contribution in [0.3, 0.4) is 0 Å². The van der Waals surface area contributed by atoms with Crippen molar-refractivity contribution in [1.29, 1.82) is 0 Å². The first kappa shape index (κ1) is 15.6. The molecule has 0 fully saturated rings. The van der Waals surface area contributed by atoms with Crippen molar-refractivity contribution in [3.05, 3.63) is 0 Å². The van der Waals surface area contributed by atoms with Crippen molar-refractivity contribution in [2.24, 2.45) is 0 Å². The van der Waals surface area contributed by atoms with Crippen LogP contribution in [0, 0.1) is 0 Å². The molecule has 0 unspecified atom stereocenters. The maximum absolute atomic E-state index is 8.42. The summed E-state index contributed by atoms with van der Waals surface area (Å²) in [5, 5.41) is 16.4. The molecule has 0 spiro atoms. The van der Waals surface area contributed by atoms with E-state index in [0.717, 1.165) is 17.4 Å². The van der Waals surface area contributed by atoms with E-state index in [1.807, 2.05) is 0 Å². The number of nitrogens with zero attached hydrogens (tertiary/aromatic N) is 1. The molecule has 0 radical (unpaired) electrons. The van der Waals surface area contributed by atoms with Crippen LogP contribution in [-0.2, 0) is 0 Å². The number of rotatable bonds is 5. The number of aliphatic hydroxyl groups excluding tert-OH is 2. The Hall–Kier alpha value is 0.170. The van der Waals surface area contributed by atoms with E-state index >= 15 is 0 Å². The summed E-state index contributed by atoms with van der Waals surface area (Å²) < 4.78 is 0.945. The predicted molar refractivity (Wildman–Crippen MR) is 57.0 cm³/mol. The van der Waals surface area contributed by atoms with Gasteiger partial charge in [0.1, 0.15) is 0 Å². The topological polar surface area (TPSA) is 40.5 Å². The van der Waals surface area contributed by atoms with E-state index in [0.29, 0.717) is 18.9 Å². The first-order valence-electron chi connectivity index (χ1n) is 4.56. The Balaban J connectivity index is 0. The number of alkyl halides is 1. The van der Waals surface area contributed by atoms with Crippen LogP contribution >= 0.6 is 11.6 Å². The third-order valence-corrected chi connectivity index (χ3v) is 1.55. The lowest BCUT2D eigenvalue weighted by molar-refractivity contribution is -0.870. The largest absolute Gasteiger partial charge is 0.396 e. The van der Waals surface area contributed by atoms with Gasteiger partial charge in [-0.15, -0.1) is 11.6 Å². The first-order valence-corrected chi connectivity index (χ1v) is 5.09. The van der Waals surface area contributed by atoms with Gasteiger partial charge in [0.25, 0.3) is 0 Å². The Morgan fingerprint density at radius 1 is 1.00 bits per heavy atom. The average Bonchev–Trinajstić information content (AvgIpc) is 2.02. The molecule has 0 aromatic heterocycles. The van der Waals surface area contributed by atoms with Crippen LogP contribution in [0.25, 0.3) is 0 Å². The molecular formula is C9H23ClNO2+. The lowest BCUT2D eigenvalue weighted by Crippen LogP contribution is -2.35. The minimum atomic E-state index is 0.212. The van der Waals surface area contributed by atoms with Crippen molar-refractivity contribution >= 4 is 11.6 Å². The number of halogens is 1. The number of aliphatic hydroxyl groups is 2. The van der Waals surface area contributed by atoms with Gasteiger partial charge in [0.15, 0.2) is 0 Å². The molecule has 82 valence electrons. The normalized spacial score (nSPS) is 10.6. The number of quaternary nitrogens is 1. The summed E-state index contributed by atoms with van der Waals surface area (Å²) in [6.07, 6.45) is 1.62. The molecule has 0 aliphatic rings. The summed E-state index contributed by atoms with van der Waals surface area (Å²) in [5.74, 6) is 0.566. The molecule has 0 aliphatic heterocycles. The van der Waals surface area contributed by atoms with E-state index in [9.17, 15) is 0 Å². The van der Waals surface area contributed by atoms with Crippen molar-refractivity contribution in [2.75, 3.05) is 46.8 Å². The van der Waals surface area contributed by atoms with Gasteiger partial charge in [-0.25, -0.2) is 0 Å². The molecule has 0 rings (SSSR count). The highest BCUT2D eigenvalue weighted by atomic mass is 35.5. The van der Waals surface area contributed by atoms with Gasteiger partial charge in [-0.1, -0.05) is 0 Å². The zero-order valence-corrected chi connectivity index (χ0v) is 9.72. The molecule has 2 N–H and O–H groups in total. The second-order valence-corrected chi connectivity index (χ2v) is 4.24. The SMILES string of the molecule is C[N+](C)(C)CCCO.OCCCCl. The van der Waals surface area contributed by atoms with Crippen molar-refractivity contribution in [1.82, 2.24) is 0 Å². The first-order chi connectivity index (χ1) is 5.97. The monoisotopic (exact) mass is 212 g/mol. The number of hydrogen-bond donors (Lipinski definition) is 2. The molecule has 3 nitrogen and oxygen atoms in total. The fraction of sp³-hybridized carbons (Fsp3) is 1.00. The van der Waals surface area contributed by atoms with E-state index in [1.54, 1.807) is 0 Å².